The third-order valence-corrected chi connectivity index (χ3v) is 3.98. The van der Waals surface area contributed by atoms with E-state index in [0.29, 0.717) is 22.3 Å². The van der Waals surface area contributed by atoms with Crippen LogP contribution in [0.4, 0.5) is 0 Å². The predicted molar refractivity (Wildman–Crippen MR) is 104 cm³/mol. The Morgan fingerprint density at radius 2 is 1.82 bits per heavy atom. The van der Waals surface area contributed by atoms with Gasteiger partial charge >= 0.3 is 5.97 Å². The Bertz CT molecular complexity index is 826. The summed E-state index contributed by atoms with van der Waals surface area (Å²) in [6, 6.07) is 11.9. The molecule has 28 heavy (non-hydrogen) atoms. The molecule has 2 aromatic rings. The van der Waals surface area contributed by atoms with E-state index in [-0.39, 0.29) is 13.2 Å². The molecule has 1 amide bonds. The Morgan fingerprint density at radius 3 is 2.50 bits per heavy atom. The van der Waals surface area contributed by atoms with Gasteiger partial charge in [-0.15, -0.1) is 0 Å². The van der Waals surface area contributed by atoms with Gasteiger partial charge in [0.2, 0.25) is 0 Å². The number of halogens is 1. The molecule has 1 atom stereocenters. The number of carbonyl (C=O) groups is 2. The second-order valence-electron chi connectivity index (χ2n) is 5.79. The number of nitrogens with one attached hydrogen (secondary N) is 1. The van der Waals surface area contributed by atoms with Crippen LogP contribution >= 0.6 is 11.6 Å². The van der Waals surface area contributed by atoms with Gasteiger partial charge in [0.05, 0.1) is 14.2 Å². The van der Waals surface area contributed by atoms with Crippen LogP contribution in [0.25, 0.3) is 0 Å². The molecule has 8 heteroatoms. The van der Waals surface area contributed by atoms with Crippen molar-refractivity contribution in [3.63, 3.8) is 0 Å². The van der Waals surface area contributed by atoms with Crippen molar-refractivity contribution >= 4 is 23.5 Å². The molecule has 0 bridgehead atoms. The lowest BCUT2D eigenvalue weighted by Gasteiger charge is -2.15. The van der Waals surface area contributed by atoms with Gasteiger partial charge in [0, 0.05) is 11.6 Å². The van der Waals surface area contributed by atoms with Crippen LogP contribution in [-0.2, 0) is 20.9 Å². The first-order valence-electron chi connectivity index (χ1n) is 8.49. The van der Waals surface area contributed by atoms with E-state index in [1.54, 1.807) is 49.6 Å². The maximum atomic E-state index is 12.1. The second-order valence-corrected chi connectivity index (χ2v) is 6.22. The first-order chi connectivity index (χ1) is 13.4. The third kappa shape index (κ3) is 6.35. The molecular formula is C20H22ClNO6. The van der Waals surface area contributed by atoms with Crippen molar-refractivity contribution in [2.45, 2.75) is 19.6 Å². The minimum Gasteiger partial charge on any atom is -0.493 e. The smallest absolute Gasteiger partial charge is 0.344 e. The van der Waals surface area contributed by atoms with E-state index >= 15 is 0 Å². The van der Waals surface area contributed by atoms with Gasteiger partial charge in [-0.1, -0.05) is 23.7 Å². The van der Waals surface area contributed by atoms with E-state index < -0.39 is 18.0 Å². The molecule has 0 saturated heterocycles. The monoisotopic (exact) mass is 407 g/mol. The molecule has 0 fully saturated rings. The van der Waals surface area contributed by atoms with Gasteiger partial charge in [0.15, 0.2) is 24.2 Å². The summed E-state index contributed by atoms with van der Waals surface area (Å²) >= 11 is 5.84. The highest BCUT2D eigenvalue weighted by Gasteiger charge is 2.18. The Balaban J connectivity index is 1.79. The van der Waals surface area contributed by atoms with Crippen molar-refractivity contribution in [2.24, 2.45) is 0 Å². The minimum absolute atomic E-state index is 0.250. The lowest BCUT2D eigenvalue weighted by atomic mass is 10.2. The molecular weight excluding hydrogens is 386 g/mol. The zero-order valence-electron chi connectivity index (χ0n) is 15.9. The summed E-state index contributed by atoms with van der Waals surface area (Å²) < 4.78 is 20.8. The molecule has 0 heterocycles. The van der Waals surface area contributed by atoms with Gasteiger partial charge in [-0.05, 0) is 42.8 Å². The number of carbonyl (C=O) groups excluding carboxylic acids is 2. The molecule has 0 aromatic heterocycles. The average Bonchev–Trinajstić information content (AvgIpc) is 2.70. The molecule has 0 aliphatic carbocycles. The van der Waals surface area contributed by atoms with E-state index in [1.165, 1.54) is 14.0 Å². The first-order valence-corrected chi connectivity index (χ1v) is 8.87. The van der Waals surface area contributed by atoms with Crippen LogP contribution in [0.3, 0.4) is 0 Å². The fourth-order valence-electron chi connectivity index (χ4n) is 2.31. The van der Waals surface area contributed by atoms with E-state index in [9.17, 15) is 9.59 Å². The molecule has 150 valence electrons. The lowest BCUT2D eigenvalue weighted by molar-refractivity contribution is -0.156. The maximum absolute atomic E-state index is 12.1. The summed E-state index contributed by atoms with van der Waals surface area (Å²) in [6.45, 7) is 1.41. The van der Waals surface area contributed by atoms with Crippen LogP contribution in [-0.4, -0.2) is 38.8 Å². The van der Waals surface area contributed by atoms with E-state index in [0.717, 1.165) is 5.56 Å². The highest BCUT2D eigenvalue weighted by Crippen LogP contribution is 2.27. The summed E-state index contributed by atoms with van der Waals surface area (Å²) in [6.07, 6.45) is -0.962. The topological polar surface area (TPSA) is 83.1 Å². The molecule has 0 unspecified atom stereocenters. The third-order valence-electron chi connectivity index (χ3n) is 3.74. The van der Waals surface area contributed by atoms with Crippen LogP contribution in [0.5, 0.6) is 17.2 Å². The van der Waals surface area contributed by atoms with Crippen LogP contribution in [0.15, 0.2) is 42.5 Å². The number of methoxy groups -OCH3 is 2. The normalized spacial score (nSPS) is 11.3. The standard InChI is InChI=1S/C20H22ClNO6/c1-13(28-19(23)12-27-16-6-4-5-15(21)10-16)20(24)22-11-14-7-8-17(25-2)18(9-14)26-3/h4-10,13H,11-12H2,1-3H3,(H,22,24)/t13-/m0/s1. The zero-order valence-corrected chi connectivity index (χ0v) is 16.6. The quantitative estimate of drug-likeness (QED) is 0.643. The van der Waals surface area contributed by atoms with Crippen molar-refractivity contribution in [3.8, 4) is 17.2 Å². The SMILES string of the molecule is COc1ccc(CNC(=O)[C@H](C)OC(=O)COc2cccc(Cl)c2)cc1OC. The van der Waals surface area contributed by atoms with Crippen LogP contribution in [0.2, 0.25) is 5.02 Å². The van der Waals surface area contributed by atoms with E-state index in [2.05, 4.69) is 5.32 Å². The number of amides is 1. The summed E-state index contributed by atoms with van der Waals surface area (Å²) in [4.78, 5) is 24.0. The minimum atomic E-state index is -0.962. The maximum Gasteiger partial charge on any atom is 0.344 e. The number of esters is 1. The van der Waals surface area contributed by atoms with E-state index in [4.69, 9.17) is 30.5 Å². The van der Waals surface area contributed by atoms with Crippen LogP contribution in [0, 0.1) is 0 Å². The summed E-state index contributed by atoms with van der Waals surface area (Å²) in [5.74, 6) is 0.515. The van der Waals surface area contributed by atoms with Gasteiger partial charge in [0.1, 0.15) is 5.75 Å². The van der Waals surface area contributed by atoms with Crippen LogP contribution < -0.4 is 19.5 Å². The fourth-order valence-corrected chi connectivity index (χ4v) is 2.49. The van der Waals surface area contributed by atoms with Crippen LogP contribution in [0.1, 0.15) is 12.5 Å². The lowest BCUT2D eigenvalue weighted by Crippen LogP contribution is -2.36. The molecule has 0 aliphatic heterocycles. The number of benzene rings is 2. The fraction of sp³-hybridized carbons (Fsp3) is 0.300. The number of rotatable bonds is 9. The molecule has 0 saturated carbocycles. The summed E-state index contributed by atoms with van der Waals surface area (Å²) in [5.41, 5.74) is 0.814. The van der Waals surface area contributed by atoms with Crippen molar-refractivity contribution in [2.75, 3.05) is 20.8 Å². The van der Waals surface area contributed by atoms with Crippen molar-refractivity contribution < 1.29 is 28.5 Å². The van der Waals surface area contributed by atoms with Gasteiger partial charge in [0.25, 0.3) is 5.91 Å². The van der Waals surface area contributed by atoms with Gasteiger partial charge in [-0.2, -0.15) is 0 Å². The van der Waals surface area contributed by atoms with Gasteiger partial charge < -0.3 is 24.3 Å². The Hall–Kier alpha value is -2.93. The molecule has 0 aliphatic rings. The highest BCUT2D eigenvalue weighted by atomic mass is 35.5. The van der Waals surface area contributed by atoms with E-state index in [1.807, 2.05) is 0 Å². The highest BCUT2D eigenvalue weighted by molar-refractivity contribution is 6.30. The molecule has 0 spiro atoms. The number of hydrogen-bond acceptors (Lipinski definition) is 6. The number of hydrogen-bond donors (Lipinski definition) is 1. The molecule has 1 N–H and O–H groups in total. The Morgan fingerprint density at radius 1 is 1.07 bits per heavy atom. The van der Waals surface area contributed by atoms with Gasteiger partial charge in [-0.25, -0.2) is 4.79 Å². The van der Waals surface area contributed by atoms with Crippen molar-refractivity contribution in [1.29, 1.82) is 0 Å². The first kappa shape index (κ1) is 21.4. The molecule has 7 nitrogen and oxygen atoms in total. The molecule has 0 radical (unpaired) electrons. The molecule has 2 aromatic carbocycles. The Kier molecular flexibility index (Phi) is 7.95. The zero-order chi connectivity index (χ0) is 20.5. The summed E-state index contributed by atoms with van der Waals surface area (Å²) in [5, 5.41) is 3.20. The summed E-state index contributed by atoms with van der Waals surface area (Å²) in [7, 11) is 3.08. The predicted octanol–water partition coefficient (Wildman–Crippen LogP) is 2.98. The largest absolute Gasteiger partial charge is 0.493 e. The second kappa shape index (κ2) is 10.4. The molecule has 2 rings (SSSR count). The van der Waals surface area contributed by atoms with Crippen molar-refractivity contribution in [3.05, 3.63) is 53.1 Å². The Labute approximate surface area is 168 Å². The van der Waals surface area contributed by atoms with Crippen molar-refractivity contribution in [1.82, 2.24) is 5.32 Å². The average molecular weight is 408 g/mol. The van der Waals surface area contributed by atoms with Gasteiger partial charge in [-0.3, -0.25) is 4.79 Å². The number of ether oxygens (including phenoxy) is 4.